The number of benzene rings is 1. The quantitative estimate of drug-likeness (QED) is 0.901. The van der Waals surface area contributed by atoms with Gasteiger partial charge in [0.2, 0.25) is 5.91 Å². The van der Waals surface area contributed by atoms with E-state index >= 15 is 0 Å². The van der Waals surface area contributed by atoms with Gasteiger partial charge in [0.05, 0.1) is 10.9 Å². The van der Waals surface area contributed by atoms with Crippen LogP contribution in [0.4, 0.5) is 0 Å². The first kappa shape index (κ1) is 13.4. The van der Waals surface area contributed by atoms with Crippen LogP contribution in [0, 0.1) is 5.92 Å². The maximum atomic E-state index is 12.2. The molecule has 0 saturated carbocycles. The number of hydrogen-bond acceptors (Lipinski definition) is 2. The van der Waals surface area contributed by atoms with Gasteiger partial charge >= 0.3 is 0 Å². The molecule has 2 amide bonds. The second-order valence-corrected chi connectivity index (χ2v) is 5.53. The molecule has 1 saturated heterocycles. The van der Waals surface area contributed by atoms with E-state index < -0.39 is 0 Å². The first-order chi connectivity index (χ1) is 8.49. The summed E-state index contributed by atoms with van der Waals surface area (Å²) < 4.78 is 0.747. The summed E-state index contributed by atoms with van der Waals surface area (Å²) in [4.78, 5) is 24.9. The molecule has 0 aliphatic carbocycles. The molecule has 1 unspecified atom stereocenters. The highest BCUT2D eigenvalue weighted by atomic mass is 79.9. The fourth-order valence-corrected chi connectivity index (χ4v) is 2.42. The Balaban J connectivity index is 2.12. The molecule has 0 radical (unpaired) electrons. The molecular formula is C12H12BrClN2O2. The number of carbonyl (C=O) groups excluding carboxylic acids is 2. The molecule has 1 fully saturated rings. The topological polar surface area (TPSA) is 63.4 Å². The van der Waals surface area contributed by atoms with Gasteiger partial charge in [-0.15, -0.1) is 0 Å². The van der Waals surface area contributed by atoms with E-state index in [-0.39, 0.29) is 17.7 Å². The van der Waals surface area contributed by atoms with Gasteiger partial charge in [-0.2, -0.15) is 0 Å². The third kappa shape index (κ3) is 2.67. The minimum Gasteiger partial charge on any atom is -0.369 e. The Morgan fingerprint density at radius 1 is 1.44 bits per heavy atom. The van der Waals surface area contributed by atoms with Gasteiger partial charge < -0.3 is 10.6 Å². The number of primary amides is 1. The van der Waals surface area contributed by atoms with Crippen LogP contribution >= 0.6 is 27.5 Å². The molecule has 2 rings (SSSR count). The molecule has 4 nitrogen and oxygen atoms in total. The van der Waals surface area contributed by atoms with Gasteiger partial charge in [-0.25, -0.2) is 0 Å². The molecule has 0 aromatic heterocycles. The van der Waals surface area contributed by atoms with Crippen LogP contribution in [-0.4, -0.2) is 29.8 Å². The van der Waals surface area contributed by atoms with Gasteiger partial charge in [0.15, 0.2) is 0 Å². The molecule has 1 aliphatic rings. The molecular weight excluding hydrogens is 320 g/mol. The van der Waals surface area contributed by atoms with Crippen LogP contribution in [-0.2, 0) is 4.79 Å². The first-order valence-corrected chi connectivity index (χ1v) is 6.70. The van der Waals surface area contributed by atoms with Crippen LogP contribution in [0.1, 0.15) is 16.8 Å². The lowest BCUT2D eigenvalue weighted by atomic mass is 10.1. The number of rotatable bonds is 2. The van der Waals surface area contributed by atoms with Crippen molar-refractivity contribution in [3.8, 4) is 0 Å². The summed E-state index contributed by atoms with van der Waals surface area (Å²) in [6.45, 7) is 0.946. The van der Waals surface area contributed by atoms with E-state index in [4.69, 9.17) is 17.3 Å². The minimum atomic E-state index is -0.348. The number of nitrogens with zero attached hydrogens (tertiary/aromatic N) is 1. The molecule has 1 heterocycles. The van der Waals surface area contributed by atoms with Crippen LogP contribution in [0.25, 0.3) is 0 Å². The van der Waals surface area contributed by atoms with Gasteiger partial charge in [0.25, 0.3) is 5.91 Å². The minimum absolute atomic E-state index is 0.117. The SMILES string of the molecule is NC(=O)C1CCN(C(=O)c2ccc(Br)c(Cl)c2)C1. The fraction of sp³-hybridized carbons (Fsp3) is 0.333. The zero-order valence-electron chi connectivity index (χ0n) is 9.53. The lowest BCUT2D eigenvalue weighted by molar-refractivity contribution is -0.121. The van der Waals surface area contributed by atoms with Crippen molar-refractivity contribution < 1.29 is 9.59 Å². The predicted octanol–water partition coefficient (Wildman–Crippen LogP) is 2.05. The zero-order valence-corrected chi connectivity index (χ0v) is 11.9. The van der Waals surface area contributed by atoms with Crippen LogP contribution in [0.2, 0.25) is 5.02 Å². The van der Waals surface area contributed by atoms with Crippen LogP contribution in [0.3, 0.4) is 0 Å². The van der Waals surface area contributed by atoms with E-state index in [1.165, 1.54) is 0 Å². The monoisotopic (exact) mass is 330 g/mol. The van der Waals surface area contributed by atoms with E-state index in [0.29, 0.717) is 30.1 Å². The average molecular weight is 332 g/mol. The summed E-state index contributed by atoms with van der Waals surface area (Å²) >= 11 is 9.22. The molecule has 0 spiro atoms. The lowest BCUT2D eigenvalue weighted by Gasteiger charge is -2.16. The van der Waals surface area contributed by atoms with E-state index in [1.54, 1.807) is 23.1 Å². The number of likely N-dealkylation sites (tertiary alicyclic amines) is 1. The Morgan fingerprint density at radius 2 is 2.17 bits per heavy atom. The zero-order chi connectivity index (χ0) is 13.3. The van der Waals surface area contributed by atoms with Crippen molar-refractivity contribution in [2.45, 2.75) is 6.42 Å². The van der Waals surface area contributed by atoms with E-state index in [1.807, 2.05) is 0 Å². The number of nitrogens with two attached hydrogens (primary N) is 1. The van der Waals surface area contributed by atoms with Crippen molar-refractivity contribution in [3.63, 3.8) is 0 Å². The predicted molar refractivity (Wildman–Crippen MR) is 72.4 cm³/mol. The second kappa shape index (κ2) is 5.28. The molecule has 0 bridgehead atoms. The van der Waals surface area contributed by atoms with Crippen molar-refractivity contribution >= 4 is 39.3 Å². The number of amides is 2. The van der Waals surface area contributed by atoms with Crippen LogP contribution in [0.15, 0.2) is 22.7 Å². The maximum absolute atomic E-state index is 12.2. The average Bonchev–Trinajstić information content (AvgIpc) is 2.81. The molecule has 1 aromatic carbocycles. The lowest BCUT2D eigenvalue weighted by Crippen LogP contribution is -2.31. The Bertz CT molecular complexity index is 507. The molecule has 2 N–H and O–H groups in total. The highest BCUT2D eigenvalue weighted by Gasteiger charge is 2.30. The number of halogens is 2. The van der Waals surface area contributed by atoms with Gasteiger partial charge in [0, 0.05) is 23.1 Å². The normalized spacial score (nSPS) is 19.0. The first-order valence-electron chi connectivity index (χ1n) is 5.52. The molecule has 6 heteroatoms. The molecule has 1 aliphatic heterocycles. The van der Waals surface area contributed by atoms with Crippen LogP contribution < -0.4 is 5.73 Å². The maximum Gasteiger partial charge on any atom is 0.253 e. The molecule has 18 heavy (non-hydrogen) atoms. The van der Waals surface area contributed by atoms with Crippen molar-refractivity contribution in [1.29, 1.82) is 0 Å². The van der Waals surface area contributed by atoms with Crippen molar-refractivity contribution in [1.82, 2.24) is 4.90 Å². The van der Waals surface area contributed by atoms with E-state index in [0.717, 1.165) is 4.47 Å². The standard InChI is InChI=1S/C12H12BrClN2O2/c13-9-2-1-7(5-10(9)14)12(18)16-4-3-8(6-16)11(15)17/h1-2,5,8H,3-4,6H2,(H2,15,17). The summed E-state index contributed by atoms with van der Waals surface area (Å²) in [6, 6.07) is 5.05. The number of carbonyl (C=O) groups is 2. The third-order valence-electron chi connectivity index (χ3n) is 3.04. The smallest absolute Gasteiger partial charge is 0.253 e. The number of hydrogen-bond donors (Lipinski definition) is 1. The largest absolute Gasteiger partial charge is 0.369 e. The highest BCUT2D eigenvalue weighted by molar-refractivity contribution is 9.10. The van der Waals surface area contributed by atoms with Gasteiger partial charge in [-0.3, -0.25) is 9.59 Å². The Hall–Kier alpha value is -1.07. The third-order valence-corrected chi connectivity index (χ3v) is 4.28. The van der Waals surface area contributed by atoms with Gasteiger partial charge in [-0.1, -0.05) is 11.6 Å². The second-order valence-electron chi connectivity index (χ2n) is 4.27. The fourth-order valence-electron chi connectivity index (χ4n) is 1.99. The molecule has 1 atom stereocenters. The Kier molecular flexibility index (Phi) is 3.92. The summed E-state index contributed by atoms with van der Waals surface area (Å²) in [7, 11) is 0. The van der Waals surface area contributed by atoms with E-state index in [9.17, 15) is 9.59 Å². The highest BCUT2D eigenvalue weighted by Crippen LogP contribution is 2.25. The summed E-state index contributed by atoms with van der Waals surface area (Å²) in [5.74, 6) is -0.702. The van der Waals surface area contributed by atoms with E-state index in [2.05, 4.69) is 15.9 Å². The van der Waals surface area contributed by atoms with Crippen LogP contribution in [0.5, 0.6) is 0 Å². The van der Waals surface area contributed by atoms with Crippen molar-refractivity contribution in [3.05, 3.63) is 33.3 Å². The van der Waals surface area contributed by atoms with Gasteiger partial charge in [-0.05, 0) is 40.5 Å². The summed E-state index contributed by atoms with van der Waals surface area (Å²) in [6.07, 6.45) is 0.630. The Labute approximate surface area is 118 Å². The van der Waals surface area contributed by atoms with Crippen molar-refractivity contribution in [2.24, 2.45) is 11.7 Å². The Morgan fingerprint density at radius 3 is 2.72 bits per heavy atom. The summed E-state index contributed by atoms with van der Waals surface area (Å²) in [5.41, 5.74) is 5.76. The molecule has 1 aromatic rings. The van der Waals surface area contributed by atoms with Crippen molar-refractivity contribution in [2.75, 3.05) is 13.1 Å². The molecule has 96 valence electrons. The summed E-state index contributed by atoms with van der Waals surface area (Å²) in [5, 5.41) is 0.492. The van der Waals surface area contributed by atoms with Gasteiger partial charge in [0.1, 0.15) is 0 Å².